The molecule has 0 bridgehead atoms. The van der Waals surface area contributed by atoms with Gasteiger partial charge in [0.25, 0.3) is 0 Å². The van der Waals surface area contributed by atoms with Gasteiger partial charge in [0.05, 0.1) is 0 Å². The zero-order valence-electron chi connectivity index (χ0n) is 10.8. The van der Waals surface area contributed by atoms with Crippen molar-refractivity contribution in [2.75, 3.05) is 0 Å². The van der Waals surface area contributed by atoms with Crippen LogP contribution in [0.15, 0.2) is 30.3 Å². The third-order valence-corrected chi connectivity index (χ3v) is 3.06. The third kappa shape index (κ3) is 2.64. The number of aryl methyl sites for hydroxylation is 1. The monoisotopic (exact) mass is 310 g/mol. The van der Waals surface area contributed by atoms with Gasteiger partial charge in [-0.1, -0.05) is 11.6 Å². The van der Waals surface area contributed by atoms with Crippen molar-refractivity contribution in [1.82, 2.24) is 19.6 Å². The second kappa shape index (κ2) is 5.25. The van der Waals surface area contributed by atoms with Gasteiger partial charge in [0, 0.05) is 11.6 Å². The molecule has 0 atom stereocenters. The molecule has 2 heterocycles. The molecule has 0 aliphatic carbocycles. The van der Waals surface area contributed by atoms with E-state index in [0.717, 1.165) is 0 Å². The number of rotatable bonds is 3. The fraction of sp³-hybridized carbons (Fsp3) is 0.154. The molecule has 8 heteroatoms. The maximum atomic E-state index is 12.1. The molecule has 1 aromatic carbocycles. The van der Waals surface area contributed by atoms with E-state index < -0.39 is 6.61 Å². The first kappa shape index (κ1) is 13.7. The van der Waals surface area contributed by atoms with Gasteiger partial charge in [0.2, 0.25) is 0 Å². The Hall–Kier alpha value is -2.28. The van der Waals surface area contributed by atoms with Gasteiger partial charge in [-0.15, -0.1) is 10.2 Å². The van der Waals surface area contributed by atoms with Crippen molar-refractivity contribution in [2.24, 2.45) is 0 Å². The number of benzene rings is 1. The highest BCUT2D eigenvalue weighted by Crippen LogP contribution is 2.24. The molecule has 0 aliphatic rings. The van der Waals surface area contributed by atoms with Crippen molar-refractivity contribution in [3.05, 3.63) is 41.3 Å². The fourth-order valence-corrected chi connectivity index (χ4v) is 2.24. The summed E-state index contributed by atoms with van der Waals surface area (Å²) in [5.74, 6) is 1.26. The fourth-order valence-electron chi connectivity index (χ4n) is 2.02. The van der Waals surface area contributed by atoms with Crippen molar-refractivity contribution < 1.29 is 13.5 Å². The van der Waals surface area contributed by atoms with Crippen LogP contribution in [0.25, 0.3) is 17.0 Å². The minimum absolute atomic E-state index is 0.0838. The summed E-state index contributed by atoms with van der Waals surface area (Å²) in [4.78, 5) is 4.14. The minimum Gasteiger partial charge on any atom is -0.435 e. The summed E-state index contributed by atoms with van der Waals surface area (Å²) >= 11 is 5.87. The van der Waals surface area contributed by atoms with Gasteiger partial charge in [-0.2, -0.15) is 8.78 Å². The molecule has 0 amide bonds. The minimum atomic E-state index is -2.85. The van der Waals surface area contributed by atoms with E-state index in [4.69, 9.17) is 11.6 Å². The Morgan fingerprint density at radius 2 is 1.90 bits per heavy atom. The number of halogens is 3. The number of ether oxygens (including phenoxy) is 1. The van der Waals surface area contributed by atoms with E-state index in [1.807, 2.05) is 0 Å². The van der Waals surface area contributed by atoms with Crippen LogP contribution < -0.4 is 4.74 Å². The molecule has 3 rings (SSSR count). The lowest BCUT2D eigenvalue weighted by Gasteiger charge is -2.06. The van der Waals surface area contributed by atoms with Crippen molar-refractivity contribution in [2.45, 2.75) is 13.5 Å². The van der Waals surface area contributed by atoms with Crippen LogP contribution in [0.5, 0.6) is 5.75 Å². The van der Waals surface area contributed by atoms with Crippen molar-refractivity contribution >= 4 is 17.2 Å². The molecule has 0 radical (unpaired) electrons. The van der Waals surface area contributed by atoms with E-state index >= 15 is 0 Å². The maximum absolute atomic E-state index is 12.1. The highest BCUT2D eigenvalue weighted by atomic mass is 35.5. The molecule has 0 fully saturated rings. The van der Waals surface area contributed by atoms with Crippen LogP contribution in [0.4, 0.5) is 8.78 Å². The molecule has 2 aromatic heterocycles. The Morgan fingerprint density at radius 1 is 1.19 bits per heavy atom. The largest absolute Gasteiger partial charge is 0.435 e. The Kier molecular flexibility index (Phi) is 3.42. The van der Waals surface area contributed by atoms with E-state index in [2.05, 4.69) is 19.9 Å². The van der Waals surface area contributed by atoms with Gasteiger partial charge in [-0.25, -0.2) is 4.98 Å². The Bertz CT molecular complexity index is 789. The van der Waals surface area contributed by atoms with Gasteiger partial charge in [-0.05, 0) is 31.2 Å². The number of nitrogens with zero attached hydrogens (tertiary/aromatic N) is 4. The number of aromatic nitrogens is 4. The first-order valence-electron chi connectivity index (χ1n) is 5.98. The summed E-state index contributed by atoms with van der Waals surface area (Å²) in [6.07, 6.45) is 0. The lowest BCUT2D eigenvalue weighted by atomic mass is 10.2. The second-order valence-corrected chi connectivity index (χ2v) is 4.63. The summed E-state index contributed by atoms with van der Waals surface area (Å²) in [6, 6.07) is 7.74. The molecule has 3 aromatic rings. The SMILES string of the molecule is Cc1nc(Cl)cc2nnc(-c3ccc(OC(F)F)cc3)n12. The molecule has 0 saturated carbocycles. The molecule has 0 saturated heterocycles. The standard InChI is InChI=1S/C13H9ClF2N4O/c1-7-17-10(14)6-11-18-19-12(20(7)11)8-2-4-9(5-3-8)21-13(15)16/h2-6,13H,1H3. The summed E-state index contributed by atoms with van der Waals surface area (Å²) in [5, 5.41) is 8.44. The van der Waals surface area contributed by atoms with Gasteiger partial charge >= 0.3 is 6.61 Å². The summed E-state index contributed by atoms with van der Waals surface area (Å²) in [5.41, 5.74) is 1.27. The zero-order valence-corrected chi connectivity index (χ0v) is 11.6. The predicted molar refractivity (Wildman–Crippen MR) is 72.6 cm³/mol. The highest BCUT2D eigenvalue weighted by molar-refractivity contribution is 6.29. The van der Waals surface area contributed by atoms with Crippen LogP contribution in [-0.2, 0) is 0 Å². The second-order valence-electron chi connectivity index (χ2n) is 4.25. The number of hydrogen-bond acceptors (Lipinski definition) is 4. The lowest BCUT2D eigenvalue weighted by Crippen LogP contribution is -2.01. The molecule has 21 heavy (non-hydrogen) atoms. The van der Waals surface area contributed by atoms with Gasteiger partial charge in [0.1, 0.15) is 16.7 Å². The Balaban J connectivity index is 2.04. The van der Waals surface area contributed by atoms with Crippen LogP contribution in [-0.4, -0.2) is 26.2 Å². The summed E-state index contributed by atoms with van der Waals surface area (Å²) < 4.78 is 30.3. The molecule has 0 unspecified atom stereocenters. The highest BCUT2D eigenvalue weighted by Gasteiger charge is 2.12. The van der Waals surface area contributed by atoms with E-state index in [9.17, 15) is 8.78 Å². The van der Waals surface area contributed by atoms with E-state index in [1.165, 1.54) is 12.1 Å². The van der Waals surface area contributed by atoms with Crippen molar-refractivity contribution in [1.29, 1.82) is 0 Å². The smallest absolute Gasteiger partial charge is 0.387 e. The molecule has 108 valence electrons. The average Bonchev–Trinajstić information content (AvgIpc) is 2.83. The van der Waals surface area contributed by atoms with E-state index in [1.54, 1.807) is 29.5 Å². The van der Waals surface area contributed by atoms with Crippen LogP contribution in [0, 0.1) is 6.92 Å². The third-order valence-electron chi connectivity index (χ3n) is 2.87. The number of alkyl halides is 2. The maximum Gasteiger partial charge on any atom is 0.387 e. The Labute approximate surface area is 123 Å². The van der Waals surface area contributed by atoms with Crippen LogP contribution in [0.1, 0.15) is 5.82 Å². The van der Waals surface area contributed by atoms with E-state index in [0.29, 0.717) is 28.0 Å². The van der Waals surface area contributed by atoms with Crippen LogP contribution in [0.3, 0.4) is 0 Å². The molecular formula is C13H9ClF2N4O. The Morgan fingerprint density at radius 3 is 2.57 bits per heavy atom. The molecule has 0 spiro atoms. The molecule has 5 nitrogen and oxygen atoms in total. The van der Waals surface area contributed by atoms with Gasteiger partial charge in [-0.3, -0.25) is 4.40 Å². The summed E-state index contributed by atoms with van der Waals surface area (Å²) in [6.45, 7) is -1.07. The topological polar surface area (TPSA) is 52.3 Å². The van der Waals surface area contributed by atoms with Gasteiger partial charge < -0.3 is 4.74 Å². The van der Waals surface area contributed by atoms with Crippen molar-refractivity contribution in [3.63, 3.8) is 0 Å². The molecular weight excluding hydrogens is 302 g/mol. The van der Waals surface area contributed by atoms with Crippen molar-refractivity contribution in [3.8, 4) is 17.1 Å². The number of fused-ring (bicyclic) bond motifs is 1. The summed E-state index contributed by atoms with van der Waals surface area (Å²) in [7, 11) is 0. The first-order valence-corrected chi connectivity index (χ1v) is 6.36. The average molecular weight is 311 g/mol. The van der Waals surface area contributed by atoms with E-state index in [-0.39, 0.29) is 5.75 Å². The zero-order chi connectivity index (χ0) is 15.0. The van der Waals surface area contributed by atoms with Crippen LogP contribution >= 0.6 is 11.6 Å². The predicted octanol–water partition coefficient (Wildman–Crippen LogP) is 3.35. The number of hydrogen-bond donors (Lipinski definition) is 0. The quantitative estimate of drug-likeness (QED) is 0.696. The normalized spacial score (nSPS) is 11.3. The molecule has 0 aliphatic heterocycles. The van der Waals surface area contributed by atoms with Crippen LogP contribution in [0.2, 0.25) is 5.15 Å². The first-order chi connectivity index (χ1) is 10.0. The van der Waals surface area contributed by atoms with Gasteiger partial charge in [0.15, 0.2) is 11.5 Å². The molecule has 0 N–H and O–H groups in total. The lowest BCUT2D eigenvalue weighted by molar-refractivity contribution is -0.0498.